The van der Waals surface area contributed by atoms with Gasteiger partial charge < -0.3 is 15.0 Å². The van der Waals surface area contributed by atoms with E-state index in [0.717, 1.165) is 39.0 Å². The highest BCUT2D eigenvalue weighted by atomic mass is 32.1. The fourth-order valence-electron chi connectivity index (χ4n) is 3.01. The van der Waals surface area contributed by atoms with Crippen molar-refractivity contribution in [2.75, 3.05) is 18.1 Å². The van der Waals surface area contributed by atoms with Gasteiger partial charge >= 0.3 is 0 Å². The normalized spacial score (nSPS) is 19.0. The van der Waals surface area contributed by atoms with Crippen molar-refractivity contribution in [3.63, 3.8) is 0 Å². The number of hydrogen-bond acceptors (Lipinski definition) is 5. The van der Waals surface area contributed by atoms with Gasteiger partial charge in [-0.3, -0.25) is 9.89 Å². The molecule has 2 aromatic rings. The molecule has 0 aromatic carbocycles. The van der Waals surface area contributed by atoms with E-state index in [4.69, 9.17) is 4.74 Å². The molecule has 4 rings (SSSR count). The zero-order valence-corrected chi connectivity index (χ0v) is 12.9. The number of aromatic nitrogens is 2. The first-order chi connectivity index (χ1) is 9.99. The Hall–Kier alpha value is -2.02. The van der Waals surface area contributed by atoms with Crippen LogP contribution in [0.15, 0.2) is 6.20 Å². The van der Waals surface area contributed by atoms with Crippen molar-refractivity contribution in [2.45, 2.75) is 26.4 Å². The molecule has 0 saturated carbocycles. The number of H-pyrrole nitrogens is 1. The van der Waals surface area contributed by atoms with Crippen molar-refractivity contribution >= 4 is 22.9 Å². The third kappa shape index (κ3) is 1.64. The summed E-state index contributed by atoms with van der Waals surface area (Å²) in [6.45, 7) is 7.39. The predicted octanol–water partition coefficient (Wildman–Crippen LogP) is 2.12. The van der Waals surface area contributed by atoms with E-state index in [2.05, 4.69) is 20.4 Å². The van der Waals surface area contributed by atoms with E-state index < -0.39 is 5.66 Å². The van der Waals surface area contributed by atoms with Crippen LogP contribution in [-0.2, 0) is 0 Å². The number of ether oxygens (including phenoxy) is 1. The van der Waals surface area contributed by atoms with Crippen molar-refractivity contribution < 1.29 is 9.53 Å². The molecular formula is C14H16N4O2S. The van der Waals surface area contributed by atoms with Crippen LogP contribution < -0.4 is 15.0 Å². The van der Waals surface area contributed by atoms with Gasteiger partial charge in [0.05, 0.1) is 17.6 Å². The average molecular weight is 304 g/mol. The lowest BCUT2D eigenvalue weighted by Gasteiger charge is -2.45. The second-order valence-corrected chi connectivity index (χ2v) is 6.88. The third-order valence-electron chi connectivity index (χ3n) is 4.05. The molecule has 2 aliphatic rings. The van der Waals surface area contributed by atoms with Crippen LogP contribution in [0.5, 0.6) is 5.75 Å². The Morgan fingerprint density at radius 1 is 1.43 bits per heavy atom. The number of thiophene rings is 1. The molecule has 2 N–H and O–H groups in total. The van der Waals surface area contributed by atoms with Crippen molar-refractivity contribution in [1.29, 1.82) is 0 Å². The first-order valence-electron chi connectivity index (χ1n) is 6.89. The number of aromatic amines is 1. The van der Waals surface area contributed by atoms with Crippen LogP contribution in [0.2, 0.25) is 0 Å². The number of anilines is 1. The highest BCUT2D eigenvalue weighted by molar-refractivity contribution is 7.18. The van der Waals surface area contributed by atoms with E-state index in [9.17, 15) is 4.79 Å². The summed E-state index contributed by atoms with van der Waals surface area (Å²) in [5, 5.41) is 10.1. The number of amides is 1. The number of rotatable bonds is 1. The van der Waals surface area contributed by atoms with Gasteiger partial charge in [0.2, 0.25) is 0 Å². The number of aryl methyl sites for hydroxylation is 1. The Kier molecular flexibility index (Phi) is 2.42. The van der Waals surface area contributed by atoms with Gasteiger partial charge in [-0.1, -0.05) is 0 Å². The maximum absolute atomic E-state index is 12.4. The number of hydrogen-bond donors (Lipinski definition) is 2. The summed E-state index contributed by atoms with van der Waals surface area (Å²) in [7, 11) is 0. The van der Waals surface area contributed by atoms with Gasteiger partial charge in [0.15, 0.2) is 5.75 Å². The minimum atomic E-state index is -0.396. The first kappa shape index (κ1) is 12.7. The van der Waals surface area contributed by atoms with Crippen LogP contribution >= 0.6 is 11.3 Å². The Labute approximate surface area is 126 Å². The fourth-order valence-corrected chi connectivity index (χ4v) is 4.22. The smallest absolute Gasteiger partial charge is 0.265 e. The third-order valence-corrected chi connectivity index (χ3v) is 5.24. The van der Waals surface area contributed by atoms with Gasteiger partial charge in [0.25, 0.3) is 5.91 Å². The van der Waals surface area contributed by atoms with E-state index in [0.29, 0.717) is 6.61 Å². The number of carbonyl (C=O) groups excluding carboxylic acids is 1. The fraction of sp³-hybridized carbons (Fsp3) is 0.429. The molecule has 21 heavy (non-hydrogen) atoms. The summed E-state index contributed by atoms with van der Waals surface area (Å²) in [6.07, 6.45) is 1.79. The molecule has 2 aromatic heterocycles. The number of nitrogens with one attached hydrogen (secondary N) is 2. The molecule has 0 radical (unpaired) electrons. The molecule has 0 fully saturated rings. The maximum Gasteiger partial charge on any atom is 0.265 e. The minimum Gasteiger partial charge on any atom is -0.488 e. The topological polar surface area (TPSA) is 70.2 Å². The highest BCUT2D eigenvalue weighted by Crippen LogP contribution is 2.52. The van der Waals surface area contributed by atoms with Crippen LogP contribution in [-0.4, -0.2) is 34.9 Å². The Bertz CT molecular complexity index is 746. The van der Waals surface area contributed by atoms with Crippen LogP contribution in [0.1, 0.15) is 29.2 Å². The number of nitrogens with zero attached hydrogens (tertiary/aromatic N) is 2. The lowest BCUT2D eigenvalue weighted by molar-refractivity contribution is 0.0895. The summed E-state index contributed by atoms with van der Waals surface area (Å²) in [6, 6.07) is 0. The Morgan fingerprint density at radius 2 is 2.24 bits per heavy atom. The summed E-state index contributed by atoms with van der Waals surface area (Å²) in [5.41, 5.74) is 2.50. The summed E-state index contributed by atoms with van der Waals surface area (Å²) in [5.74, 6) is 0.782. The molecule has 2 aliphatic heterocycles. The molecule has 0 spiro atoms. The number of carbonyl (C=O) groups is 1. The molecule has 0 bridgehead atoms. The van der Waals surface area contributed by atoms with Crippen LogP contribution in [0, 0.1) is 6.92 Å². The molecule has 4 heterocycles. The van der Waals surface area contributed by atoms with Gasteiger partial charge in [-0.25, -0.2) is 0 Å². The van der Waals surface area contributed by atoms with Gasteiger partial charge in [0.1, 0.15) is 22.8 Å². The van der Waals surface area contributed by atoms with Crippen molar-refractivity contribution in [3.05, 3.63) is 16.8 Å². The van der Waals surface area contributed by atoms with E-state index >= 15 is 0 Å². The van der Waals surface area contributed by atoms with E-state index in [1.54, 1.807) is 6.20 Å². The molecule has 6 nitrogen and oxygen atoms in total. The highest BCUT2D eigenvalue weighted by Gasteiger charge is 2.43. The van der Waals surface area contributed by atoms with E-state index in [1.807, 2.05) is 20.8 Å². The van der Waals surface area contributed by atoms with Crippen LogP contribution in [0.4, 0.5) is 5.69 Å². The zero-order chi connectivity index (χ0) is 14.8. The molecule has 7 heteroatoms. The van der Waals surface area contributed by atoms with Gasteiger partial charge in [0, 0.05) is 11.3 Å². The largest absolute Gasteiger partial charge is 0.488 e. The van der Waals surface area contributed by atoms with Gasteiger partial charge in [-0.15, -0.1) is 11.3 Å². The average Bonchev–Trinajstić information content (AvgIpc) is 3.00. The molecule has 110 valence electrons. The lowest BCUT2D eigenvalue weighted by Crippen LogP contribution is -2.61. The molecule has 0 saturated heterocycles. The second kappa shape index (κ2) is 4.00. The molecule has 0 atom stereocenters. The SMILES string of the molecule is Cc1[nH]ncc1-c1sc2c3c1OCCN3C(C)(C)NC2=O. The van der Waals surface area contributed by atoms with Gasteiger partial charge in [-0.05, 0) is 20.8 Å². The van der Waals surface area contributed by atoms with Crippen LogP contribution in [0.25, 0.3) is 10.4 Å². The molecule has 0 aliphatic carbocycles. The molecular weight excluding hydrogens is 288 g/mol. The van der Waals surface area contributed by atoms with Crippen molar-refractivity contribution in [1.82, 2.24) is 15.5 Å². The van der Waals surface area contributed by atoms with Gasteiger partial charge in [-0.2, -0.15) is 5.10 Å². The second-order valence-electron chi connectivity index (χ2n) is 5.86. The van der Waals surface area contributed by atoms with E-state index in [1.165, 1.54) is 11.3 Å². The zero-order valence-electron chi connectivity index (χ0n) is 12.1. The minimum absolute atomic E-state index is 0.0320. The summed E-state index contributed by atoms with van der Waals surface area (Å²) in [4.78, 5) is 16.3. The monoisotopic (exact) mass is 304 g/mol. The van der Waals surface area contributed by atoms with Crippen molar-refractivity contribution in [2.24, 2.45) is 0 Å². The Balaban J connectivity index is 1.98. The maximum atomic E-state index is 12.4. The Morgan fingerprint density at radius 3 is 2.95 bits per heavy atom. The predicted molar refractivity (Wildman–Crippen MR) is 81.0 cm³/mol. The van der Waals surface area contributed by atoms with E-state index in [-0.39, 0.29) is 5.91 Å². The summed E-state index contributed by atoms with van der Waals surface area (Å²) < 4.78 is 5.91. The summed E-state index contributed by atoms with van der Waals surface area (Å²) >= 11 is 1.47. The first-order valence-corrected chi connectivity index (χ1v) is 7.71. The molecule has 1 amide bonds. The quantitative estimate of drug-likeness (QED) is 0.846. The van der Waals surface area contributed by atoms with Crippen LogP contribution in [0.3, 0.4) is 0 Å². The van der Waals surface area contributed by atoms with Crippen molar-refractivity contribution in [3.8, 4) is 16.2 Å². The lowest BCUT2D eigenvalue weighted by atomic mass is 10.1. The molecule has 0 unspecified atom stereocenters. The standard InChI is InChI=1S/C14H16N4O2S/c1-7-8(6-15-17-7)11-10-9-12(21-11)13(19)16-14(2,3)18(9)4-5-20-10/h6H,4-5H2,1-3H3,(H,15,17)(H,16,19).